The van der Waals surface area contributed by atoms with Crippen molar-refractivity contribution in [2.45, 2.75) is 31.8 Å². The molecule has 0 aromatic heterocycles. The number of hydrogen-bond donors (Lipinski definition) is 2. The van der Waals surface area contributed by atoms with E-state index in [1.807, 2.05) is 26.0 Å². The second kappa shape index (κ2) is 9.19. The second-order valence-corrected chi connectivity index (χ2v) is 8.80. The van der Waals surface area contributed by atoms with Crippen LogP contribution in [0.15, 0.2) is 71.6 Å². The van der Waals surface area contributed by atoms with Crippen LogP contribution in [-0.4, -0.2) is 14.3 Å². The Hall–Kier alpha value is -3.03. The smallest absolute Gasteiger partial charge is 0.251 e. The Morgan fingerprint density at radius 1 is 0.900 bits per heavy atom. The molecule has 0 heterocycles. The molecule has 7 heteroatoms. The minimum absolute atomic E-state index is 0.0201. The van der Waals surface area contributed by atoms with Gasteiger partial charge in [0.15, 0.2) is 0 Å². The first kappa shape index (κ1) is 21.7. The number of rotatable bonds is 7. The Kier molecular flexibility index (Phi) is 6.64. The summed E-state index contributed by atoms with van der Waals surface area (Å²) < 4.78 is 40.9. The molecule has 5 nitrogen and oxygen atoms in total. The molecule has 0 bridgehead atoms. The van der Waals surface area contributed by atoms with E-state index in [2.05, 4.69) is 10.0 Å². The standard InChI is InChI=1S/C23H23FN2O3S/c1-16-6-3-11-22(17(16)2)23(27)25-14-19-8-5-10-21(13-19)30(28,29)26-15-18-7-4-9-20(24)12-18/h3-13,26H,14-15H2,1-2H3,(H,25,27). The maximum Gasteiger partial charge on any atom is 0.251 e. The van der Waals surface area contributed by atoms with Crippen molar-refractivity contribution in [3.8, 4) is 0 Å². The number of nitrogens with one attached hydrogen (secondary N) is 2. The van der Waals surface area contributed by atoms with Crippen LogP contribution in [-0.2, 0) is 23.1 Å². The van der Waals surface area contributed by atoms with Crippen molar-refractivity contribution in [1.29, 1.82) is 0 Å². The minimum atomic E-state index is -3.78. The first-order valence-electron chi connectivity index (χ1n) is 9.44. The van der Waals surface area contributed by atoms with Gasteiger partial charge in [-0.3, -0.25) is 4.79 Å². The summed E-state index contributed by atoms with van der Waals surface area (Å²) in [5, 5.41) is 2.83. The molecular formula is C23H23FN2O3S. The van der Waals surface area contributed by atoms with E-state index in [1.165, 1.54) is 30.3 Å². The Morgan fingerprint density at radius 3 is 2.30 bits per heavy atom. The lowest BCUT2D eigenvalue weighted by Gasteiger charge is -2.11. The maximum atomic E-state index is 13.3. The van der Waals surface area contributed by atoms with Gasteiger partial charge >= 0.3 is 0 Å². The van der Waals surface area contributed by atoms with Gasteiger partial charge in [-0.2, -0.15) is 0 Å². The average Bonchev–Trinajstić information content (AvgIpc) is 2.73. The van der Waals surface area contributed by atoms with Crippen LogP contribution in [0.25, 0.3) is 0 Å². The number of sulfonamides is 1. The van der Waals surface area contributed by atoms with Crippen LogP contribution >= 0.6 is 0 Å². The van der Waals surface area contributed by atoms with Gasteiger partial charge in [-0.1, -0.05) is 36.4 Å². The Balaban J connectivity index is 1.67. The number of carbonyl (C=O) groups excluding carboxylic acids is 1. The monoisotopic (exact) mass is 426 g/mol. The van der Waals surface area contributed by atoms with Crippen molar-refractivity contribution >= 4 is 15.9 Å². The van der Waals surface area contributed by atoms with E-state index >= 15 is 0 Å². The van der Waals surface area contributed by atoms with Gasteiger partial charge in [0.1, 0.15) is 5.82 Å². The normalized spacial score (nSPS) is 11.3. The summed E-state index contributed by atoms with van der Waals surface area (Å²) in [6.07, 6.45) is 0. The summed E-state index contributed by atoms with van der Waals surface area (Å²) in [5.74, 6) is -0.637. The van der Waals surface area contributed by atoms with E-state index in [-0.39, 0.29) is 23.9 Å². The zero-order chi connectivity index (χ0) is 21.7. The van der Waals surface area contributed by atoms with E-state index < -0.39 is 15.8 Å². The lowest BCUT2D eigenvalue weighted by molar-refractivity contribution is 0.0950. The molecule has 1 amide bonds. The van der Waals surface area contributed by atoms with Crippen LogP contribution in [0.2, 0.25) is 0 Å². The van der Waals surface area contributed by atoms with Gasteiger partial charge < -0.3 is 5.32 Å². The fraction of sp³-hybridized carbons (Fsp3) is 0.174. The topological polar surface area (TPSA) is 75.3 Å². The Bertz CT molecular complexity index is 1180. The Labute approximate surface area is 176 Å². The number of aryl methyl sites for hydroxylation is 1. The zero-order valence-corrected chi connectivity index (χ0v) is 17.6. The second-order valence-electron chi connectivity index (χ2n) is 7.03. The molecule has 3 aromatic rings. The first-order valence-corrected chi connectivity index (χ1v) is 10.9. The van der Waals surface area contributed by atoms with Crippen molar-refractivity contribution in [2.75, 3.05) is 0 Å². The number of carbonyl (C=O) groups is 1. The summed E-state index contributed by atoms with van der Waals surface area (Å²) in [6, 6.07) is 17.6. The van der Waals surface area contributed by atoms with Gasteiger partial charge in [0.25, 0.3) is 5.91 Å². The van der Waals surface area contributed by atoms with E-state index in [4.69, 9.17) is 0 Å². The molecule has 0 unspecified atom stereocenters. The highest BCUT2D eigenvalue weighted by Gasteiger charge is 2.15. The predicted molar refractivity (Wildman–Crippen MR) is 114 cm³/mol. The first-order chi connectivity index (χ1) is 14.3. The van der Waals surface area contributed by atoms with Crippen LogP contribution in [0.1, 0.15) is 32.6 Å². The molecule has 0 aliphatic heterocycles. The summed E-state index contributed by atoms with van der Waals surface area (Å²) in [7, 11) is -3.78. The highest BCUT2D eigenvalue weighted by Crippen LogP contribution is 2.15. The molecule has 3 aromatic carbocycles. The summed E-state index contributed by atoms with van der Waals surface area (Å²) in [6.45, 7) is 4.01. The van der Waals surface area contributed by atoms with Gasteiger partial charge in [0.2, 0.25) is 10.0 Å². The number of benzene rings is 3. The van der Waals surface area contributed by atoms with Gasteiger partial charge in [0, 0.05) is 18.7 Å². The minimum Gasteiger partial charge on any atom is -0.348 e. The molecule has 3 rings (SSSR count). The van der Waals surface area contributed by atoms with Crippen LogP contribution in [0.4, 0.5) is 4.39 Å². The van der Waals surface area contributed by atoms with Gasteiger partial charge in [-0.25, -0.2) is 17.5 Å². The van der Waals surface area contributed by atoms with E-state index in [9.17, 15) is 17.6 Å². The molecule has 0 radical (unpaired) electrons. The van der Waals surface area contributed by atoms with Crippen LogP contribution < -0.4 is 10.0 Å². The number of amides is 1. The quantitative estimate of drug-likeness (QED) is 0.603. The molecule has 2 N–H and O–H groups in total. The van der Waals surface area contributed by atoms with E-state index in [0.29, 0.717) is 16.7 Å². The van der Waals surface area contributed by atoms with E-state index in [0.717, 1.165) is 11.1 Å². The van der Waals surface area contributed by atoms with E-state index in [1.54, 1.807) is 24.3 Å². The Morgan fingerprint density at radius 2 is 1.57 bits per heavy atom. The summed E-state index contributed by atoms with van der Waals surface area (Å²) in [5.41, 5.74) is 3.71. The molecule has 0 atom stereocenters. The van der Waals surface area contributed by atoms with Crippen molar-refractivity contribution in [3.63, 3.8) is 0 Å². The molecule has 0 aliphatic carbocycles. The van der Waals surface area contributed by atoms with Crippen molar-refractivity contribution in [3.05, 3.63) is 100 Å². The highest BCUT2D eigenvalue weighted by molar-refractivity contribution is 7.89. The SMILES string of the molecule is Cc1cccc(C(=O)NCc2cccc(S(=O)(=O)NCc3cccc(F)c3)c2)c1C. The van der Waals surface area contributed by atoms with Crippen LogP contribution in [0.3, 0.4) is 0 Å². The van der Waals surface area contributed by atoms with Crippen LogP contribution in [0, 0.1) is 19.7 Å². The summed E-state index contributed by atoms with van der Waals surface area (Å²) in [4.78, 5) is 12.6. The third-order valence-corrected chi connectivity index (χ3v) is 6.27. The molecule has 0 fully saturated rings. The zero-order valence-electron chi connectivity index (χ0n) is 16.8. The lowest BCUT2D eigenvalue weighted by atomic mass is 10.0. The van der Waals surface area contributed by atoms with Gasteiger partial charge in [-0.05, 0) is 66.4 Å². The molecule has 30 heavy (non-hydrogen) atoms. The average molecular weight is 427 g/mol. The third kappa shape index (κ3) is 5.31. The van der Waals surface area contributed by atoms with Crippen molar-refractivity contribution in [2.24, 2.45) is 0 Å². The summed E-state index contributed by atoms with van der Waals surface area (Å²) >= 11 is 0. The third-order valence-electron chi connectivity index (χ3n) is 4.87. The fourth-order valence-electron chi connectivity index (χ4n) is 3.01. The predicted octanol–water partition coefficient (Wildman–Crippen LogP) is 3.85. The largest absolute Gasteiger partial charge is 0.348 e. The van der Waals surface area contributed by atoms with Gasteiger partial charge in [0.05, 0.1) is 4.90 Å². The maximum absolute atomic E-state index is 13.3. The number of hydrogen-bond acceptors (Lipinski definition) is 3. The molecular weight excluding hydrogens is 403 g/mol. The molecule has 0 saturated heterocycles. The molecule has 0 saturated carbocycles. The lowest BCUT2D eigenvalue weighted by Crippen LogP contribution is -2.25. The number of halogens is 1. The van der Waals surface area contributed by atoms with Gasteiger partial charge in [-0.15, -0.1) is 0 Å². The van der Waals surface area contributed by atoms with Crippen molar-refractivity contribution < 1.29 is 17.6 Å². The molecule has 0 spiro atoms. The molecule has 156 valence electrons. The van der Waals surface area contributed by atoms with Crippen LogP contribution in [0.5, 0.6) is 0 Å². The highest BCUT2D eigenvalue weighted by atomic mass is 32.2. The van der Waals surface area contributed by atoms with Crippen molar-refractivity contribution in [1.82, 2.24) is 10.0 Å². The molecule has 0 aliphatic rings. The fourth-order valence-corrected chi connectivity index (χ4v) is 4.09.